The lowest BCUT2D eigenvalue weighted by Crippen LogP contribution is -2.34. The van der Waals surface area contributed by atoms with Gasteiger partial charge in [0.15, 0.2) is 0 Å². The second-order valence-corrected chi connectivity index (χ2v) is 21.4. The number of hydrogen-bond acceptors (Lipinski definition) is 12. The molecule has 0 bridgehead atoms. The third kappa shape index (κ3) is 11.6. The average Bonchev–Trinajstić information content (AvgIpc) is 4.37. The number of hydrogen-bond donors (Lipinski definition) is 2. The third-order valence-electron chi connectivity index (χ3n) is 14.9. The van der Waals surface area contributed by atoms with Crippen LogP contribution >= 0.6 is 46.4 Å². The molecule has 4 aromatic carbocycles. The summed E-state index contributed by atoms with van der Waals surface area (Å²) in [5.41, 5.74) is 6.70. The predicted octanol–water partition coefficient (Wildman–Crippen LogP) is 14.8. The Morgan fingerprint density at radius 2 is 1.04 bits per heavy atom. The van der Waals surface area contributed by atoms with Crippen LogP contribution in [-0.2, 0) is 43.5 Å². The summed E-state index contributed by atoms with van der Waals surface area (Å²) in [7, 11) is 0. The largest absolute Gasteiger partial charge is 0.385 e. The van der Waals surface area contributed by atoms with Gasteiger partial charge >= 0.3 is 6.15 Å². The fourth-order valence-corrected chi connectivity index (χ4v) is 11.5. The number of ether oxygens (including phenoxy) is 2. The molecule has 4 heterocycles. The van der Waals surface area contributed by atoms with E-state index in [4.69, 9.17) is 81.1 Å². The summed E-state index contributed by atoms with van der Waals surface area (Å²) in [6.45, 7) is 7.92. The number of carbonyl (C=O) groups excluding carboxylic acids is 2. The Morgan fingerprint density at radius 3 is 1.48 bits per heavy atom. The highest BCUT2D eigenvalue weighted by molar-refractivity contribution is 6.39. The van der Waals surface area contributed by atoms with Crippen molar-refractivity contribution in [1.82, 2.24) is 20.3 Å². The van der Waals surface area contributed by atoms with Gasteiger partial charge in [-0.25, -0.2) is 4.85 Å². The molecular weight excluding hydrogens is 1040 g/mol. The lowest BCUT2D eigenvalue weighted by molar-refractivity contribution is -0.191. The van der Waals surface area contributed by atoms with Gasteiger partial charge in [-0.15, -0.1) is 0 Å². The molecule has 12 rings (SSSR count). The Kier molecular flexibility index (Phi) is 15.9. The number of aromatic nitrogens is 4. The van der Waals surface area contributed by atoms with Gasteiger partial charge in [-0.2, -0.15) is 9.59 Å². The van der Waals surface area contributed by atoms with E-state index in [1.165, 1.54) is 0 Å². The van der Waals surface area contributed by atoms with Crippen LogP contribution in [0.3, 0.4) is 0 Å². The van der Waals surface area contributed by atoms with Crippen molar-refractivity contribution in [3.8, 4) is 22.5 Å². The average molecular weight is 1090 g/mol. The smallest absolute Gasteiger partial charge is 0.373 e. The lowest BCUT2D eigenvalue weighted by Gasteiger charge is -2.36. The molecule has 0 radical (unpaired) electrons. The minimum absolute atomic E-state index is 0.0107. The van der Waals surface area contributed by atoms with Crippen LogP contribution in [0.25, 0.3) is 49.2 Å². The lowest BCUT2D eigenvalue weighted by atomic mass is 9.78. The third-order valence-corrected chi connectivity index (χ3v) is 16.1. The minimum Gasteiger partial charge on any atom is -0.385 e. The molecule has 4 aliphatic carbocycles. The monoisotopic (exact) mass is 1090 g/mol. The van der Waals surface area contributed by atoms with Crippen molar-refractivity contribution in [2.24, 2.45) is 0 Å². The molecule has 75 heavy (non-hydrogen) atoms. The second-order valence-electron chi connectivity index (χ2n) is 19.8. The number of pyridine rings is 2. The minimum atomic E-state index is -0.930. The van der Waals surface area contributed by atoms with Gasteiger partial charge in [0.05, 0.1) is 74.3 Å². The molecule has 13 nitrogen and oxygen atoms in total. The summed E-state index contributed by atoms with van der Waals surface area (Å²) >= 11 is 25.9. The highest BCUT2D eigenvalue weighted by atomic mass is 35.5. The second kappa shape index (κ2) is 22.7. The number of fused-ring (bicyclic) bond motifs is 2. The summed E-state index contributed by atoms with van der Waals surface area (Å²) in [6.07, 6.45) is 13.4. The van der Waals surface area contributed by atoms with E-state index in [0.717, 1.165) is 107 Å². The predicted molar refractivity (Wildman–Crippen MR) is 285 cm³/mol. The molecule has 0 amide bonds. The standard InChI is InChI=1S/C29H25Cl2N3O3.C28H26Cl2N2O3.CO2/c1-32-20-13-18-7-8-19(14-25(18)33-15-20)29(35)11-9-21(10-12-29)36-16-22-27(34-37-28(22)17-5-6-17)26-23(30)3-2-4-24(26)31;29-22-4-1-5-23(30)25(22)26-21(27(35-32-26)18-6-7-18)16-34-20-10-12-28(33,13-11-20)19-9-8-17-3-2-14-31-24(17)15-19;2-1-3/h2-4,7-8,13-15,17,21,35H,5-6,9-12,16H2;1-5,8-9,14-15,18,20,33H,6-7,10-13,16H2;. The first-order chi connectivity index (χ1) is 36.4. The Balaban J connectivity index is 0.000000163. The van der Waals surface area contributed by atoms with Crippen LogP contribution in [0, 0.1) is 6.57 Å². The van der Waals surface area contributed by atoms with Crippen LogP contribution < -0.4 is 0 Å². The summed E-state index contributed by atoms with van der Waals surface area (Å²) in [6, 6.07) is 28.5. The summed E-state index contributed by atoms with van der Waals surface area (Å²) in [5, 5.41) is 35.7. The molecule has 0 saturated heterocycles. The van der Waals surface area contributed by atoms with Gasteiger partial charge < -0.3 is 28.7 Å². The normalized spacial score (nSPS) is 21.3. The Morgan fingerprint density at radius 1 is 0.600 bits per heavy atom. The Bertz CT molecular complexity index is 3400. The maximum Gasteiger partial charge on any atom is 0.373 e. The van der Waals surface area contributed by atoms with Crippen molar-refractivity contribution in [3.63, 3.8) is 0 Å². The zero-order chi connectivity index (χ0) is 52.3. The van der Waals surface area contributed by atoms with E-state index in [2.05, 4.69) is 25.1 Å². The van der Waals surface area contributed by atoms with Crippen LogP contribution in [0.5, 0.6) is 0 Å². The SMILES string of the molecule is O=C=O.OC1(c2ccc3cccnc3c2)CCC(OCc2c(-c3c(Cl)cccc3Cl)noc2C2CC2)CC1.[C-]#[N+]c1cnc2cc(C3(O)CCC(OCc4c(-c5c(Cl)cccc5Cl)noc4C4CC4)CC3)ccc2c1. The van der Waals surface area contributed by atoms with Gasteiger partial charge in [-0.3, -0.25) is 9.97 Å². The van der Waals surface area contributed by atoms with E-state index in [-0.39, 0.29) is 18.4 Å². The van der Waals surface area contributed by atoms with E-state index < -0.39 is 11.2 Å². The molecule has 0 spiro atoms. The molecule has 4 aliphatic rings. The number of benzene rings is 4. The van der Waals surface area contributed by atoms with Gasteiger partial charge in [-0.1, -0.05) is 99.2 Å². The molecule has 2 N–H and O–H groups in total. The maximum atomic E-state index is 11.5. The van der Waals surface area contributed by atoms with E-state index in [0.29, 0.717) is 99.0 Å². The van der Waals surface area contributed by atoms with Crippen molar-refractivity contribution >= 4 is 80.0 Å². The van der Waals surface area contributed by atoms with Gasteiger partial charge in [0.1, 0.15) is 22.9 Å². The molecule has 4 aromatic heterocycles. The maximum absolute atomic E-state index is 11.5. The van der Waals surface area contributed by atoms with Crippen LogP contribution in [0.4, 0.5) is 5.69 Å². The number of halogens is 4. The molecule has 4 saturated carbocycles. The first-order valence-electron chi connectivity index (χ1n) is 25.0. The van der Waals surface area contributed by atoms with Crippen molar-refractivity contribution in [2.75, 3.05) is 0 Å². The first kappa shape index (κ1) is 52.4. The van der Waals surface area contributed by atoms with E-state index >= 15 is 0 Å². The molecule has 8 aromatic rings. The van der Waals surface area contributed by atoms with E-state index in [9.17, 15) is 10.2 Å². The Hall–Kier alpha value is -6.01. The van der Waals surface area contributed by atoms with Crippen LogP contribution in [0.2, 0.25) is 20.1 Å². The van der Waals surface area contributed by atoms with E-state index in [1.54, 1.807) is 24.5 Å². The van der Waals surface area contributed by atoms with Gasteiger partial charge in [0.2, 0.25) is 5.69 Å². The van der Waals surface area contributed by atoms with Crippen molar-refractivity contribution in [1.29, 1.82) is 0 Å². The summed E-state index contributed by atoms with van der Waals surface area (Å²) in [4.78, 5) is 28.5. The summed E-state index contributed by atoms with van der Waals surface area (Å²) in [5.74, 6) is 2.49. The van der Waals surface area contributed by atoms with Gasteiger partial charge in [-0.05, 0) is 142 Å². The van der Waals surface area contributed by atoms with Gasteiger partial charge in [0.25, 0.3) is 0 Å². The fraction of sp³-hybridized carbons (Fsp3) is 0.345. The van der Waals surface area contributed by atoms with Crippen molar-refractivity contribution in [2.45, 2.75) is 126 Å². The van der Waals surface area contributed by atoms with Crippen molar-refractivity contribution < 1.29 is 38.3 Å². The molecule has 0 unspecified atom stereocenters. The quantitative estimate of drug-likeness (QED) is 0.111. The van der Waals surface area contributed by atoms with E-state index in [1.807, 2.05) is 78.9 Å². The highest BCUT2D eigenvalue weighted by Crippen LogP contribution is 2.49. The number of nitrogens with zero attached hydrogens (tertiary/aromatic N) is 5. The fourth-order valence-electron chi connectivity index (χ4n) is 10.4. The van der Waals surface area contributed by atoms with Crippen LogP contribution in [0.15, 0.2) is 112 Å². The van der Waals surface area contributed by atoms with Crippen LogP contribution in [0.1, 0.15) is 123 Å². The molecular formula is C58H51Cl4N5O8. The number of rotatable bonds is 12. The highest BCUT2D eigenvalue weighted by Gasteiger charge is 2.39. The molecule has 384 valence electrons. The first-order valence-corrected chi connectivity index (χ1v) is 26.6. The molecule has 17 heteroatoms. The molecule has 4 fully saturated rings. The Labute approximate surface area is 452 Å². The number of aliphatic hydroxyl groups is 2. The van der Waals surface area contributed by atoms with Crippen molar-refractivity contribution in [3.05, 3.63) is 169 Å². The van der Waals surface area contributed by atoms with Crippen LogP contribution in [-0.4, -0.2) is 48.9 Å². The topological polar surface area (TPSA) is 175 Å². The molecule has 0 atom stereocenters. The van der Waals surface area contributed by atoms with Gasteiger partial charge in [0, 0.05) is 51.9 Å². The zero-order valence-electron chi connectivity index (χ0n) is 40.6. The summed E-state index contributed by atoms with van der Waals surface area (Å²) < 4.78 is 24.3. The zero-order valence-corrected chi connectivity index (χ0v) is 43.6. The molecule has 0 aliphatic heterocycles.